The lowest BCUT2D eigenvalue weighted by atomic mass is 9.94. The van der Waals surface area contributed by atoms with Gasteiger partial charge >= 0.3 is 0 Å². The summed E-state index contributed by atoms with van der Waals surface area (Å²) in [6.45, 7) is 2.88. The van der Waals surface area contributed by atoms with Crippen molar-refractivity contribution < 1.29 is 18.0 Å². The van der Waals surface area contributed by atoms with Gasteiger partial charge in [0.15, 0.2) is 5.78 Å². The van der Waals surface area contributed by atoms with Crippen molar-refractivity contribution in [2.75, 3.05) is 26.2 Å². The molecule has 1 aromatic carbocycles. The average molecular weight is 480 g/mol. The number of H-pyrrole nitrogens is 1. The molecule has 4 rings (SSSR count). The number of carbonyl (C=O) groups excluding carboxylic acids is 2. The number of nitrogens with one attached hydrogen (secondary N) is 1. The van der Waals surface area contributed by atoms with Gasteiger partial charge in [-0.3, -0.25) is 9.59 Å². The van der Waals surface area contributed by atoms with Crippen LogP contribution in [0.25, 0.3) is 0 Å². The molecule has 1 saturated heterocycles. The van der Waals surface area contributed by atoms with Gasteiger partial charge in [-0.25, -0.2) is 8.42 Å². The summed E-state index contributed by atoms with van der Waals surface area (Å²) in [6, 6.07) is 6.72. The first kappa shape index (κ1) is 20.3. The number of fused-ring (bicyclic) bond motifs is 1. The van der Waals surface area contributed by atoms with E-state index in [0.29, 0.717) is 40.8 Å². The maximum absolute atomic E-state index is 13.0. The standard InChI is InChI=1S/C20H22BrN3O4S/c1-13-18-15(6-4-7-16(18)25)22-19(13)20(26)23-9-11-24(12-10-23)29(27,28)17-8-3-2-5-14(17)21/h2-3,5,8,22H,4,6-7,9-12H2,1H3. The van der Waals surface area contributed by atoms with E-state index < -0.39 is 10.0 Å². The predicted octanol–water partition coefficient (Wildman–Crippen LogP) is 2.75. The molecule has 1 fully saturated rings. The van der Waals surface area contributed by atoms with E-state index in [1.807, 2.05) is 0 Å². The van der Waals surface area contributed by atoms with Gasteiger partial charge in [0.05, 0.1) is 4.90 Å². The molecule has 2 aliphatic rings. The number of rotatable bonds is 3. The number of halogens is 1. The van der Waals surface area contributed by atoms with Gasteiger partial charge in [-0.1, -0.05) is 12.1 Å². The highest BCUT2D eigenvalue weighted by molar-refractivity contribution is 9.10. The molecule has 1 aromatic heterocycles. The van der Waals surface area contributed by atoms with Gasteiger partial charge < -0.3 is 9.88 Å². The number of aryl methyl sites for hydroxylation is 1. The zero-order chi connectivity index (χ0) is 20.8. The number of sulfonamides is 1. The van der Waals surface area contributed by atoms with Crippen molar-refractivity contribution in [2.45, 2.75) is 31.1 Å². The molecule has 29 heavy (non-hydrogen) atoms. The lowest BCUT2D eigenvalue weighted by Crippen LogP contribution is -2.50. The third-order valence-electron chi connectivity index (χ3n) is 5.63. The van der Waals surface area contributed by atoms with Crippen LogP contribution in [0.2, 0.25) is 0 Å². The van der Waals surface area contributed by atoms with Crippen LogP contribution >= 0.6 is 15.9 Å². The van der Waals surface area contributed by atoms with E-state index >= 15 is 0 Å². The molecule has 1 amide bonds. The Morgan fingerprint density at radius 2 is 1.79 bits per heavy atom. The molecule has 0 radical (unpaired) electrons. The predicted molar refractivity (Wildman–Crippen MR) is 112 cm³/mol. The van der Waals surface area contributed by atoms with Gasteiger partial charge in [-0.05, 0) is 53.4 Å². The highest BCUT2D eigenvalue weighted by atomic mass is 79.9. The summed E-state index contributed by atoms with van der Waals surface area (Å²) >= 11 is 3.30. The number of ketones is 1. The molecule has 1 N–H and O–H groups in total. The highest BCUT2D eigenvalue weighted by Gasteiger charge is 2.33. The Morgan fingerprint density at radius 3 is 2.45 bits per heavy atom. The fraction of sp³-hybridized carbons (Fsp3) is 0.400. The molecule has 0 bridgehead atoms. The Labute approximate surface area is 178 Å². The summed E-state index contributed by atoms with van der Waals surface area (Å²) < 4.78 is 27.8. The summed E-state index contributed by atoms with van der Waals surface area (Å²) in [5.41, 5.74) is 2.66. The van der Waals surface area contributed by atoms with Crippen LogP contribution in [0, 0.1) is 6.92 Å². The first-order valence-corrected chi connectivity index (χ1v) is 11.8. The molecule has 154 valence electrons. The van der Waals surface area contributed by atoms with Crippen LogP contribution in [0.5, 0.6) is 0 Å². The second-order valence-electron chi connectivity index (χ2n) is 7.38. The van der Waals surface area contributed by atoms with Gasteiger partial charge in [0, 0.05) is 48.3 Å². The molecule has 2 aromatic rings. The van der Waals surface area contributed by atoms with Gasteiger partial charge in [0.25, 0.3) is 5.91 Å². The van der Waals surface area contributed by atoms with E-state index in [4.69, 9.17) is 0 Å². The van der Waals surface area contributed by atoms with Crippen LogP contribution < -0.4 is 0 Å². The van der Waals surface area contributed by atoms with Crippen molar-refractivity contribution >= 4 is 37.6 Å². The number of amides is 1. The molecule has 0 atom stereocenters. The first-order chi connectivity index (χ1) is 13.8. The quantitative estimate of drug-likeness (QED) is 0.732. The summed E-state index contributed by atoms with van der Waals surface area (Å²) in [7, 11) is -3.63. The lowest BCUT2D eigenvalue weighted by molar-refractivity contribution is 0.0691. The van der Waals surface area contributed by atoms with Crippen molar-refractivity contribution in [3.8, 4) is 0 Å². The Morgan fingerprint density at radius 1 is 1.10 bits per heavy atom. The molecule has 2 heterocycles. The van der Waals surface area contributed by atoms with Crippen molar-refractivity contribution in [1.29, 1.82) is 0 Å². The monoisotopic (exact) mass is 479 g/mol. The molecule has 1 aliphatic carbocycles. The molecular weight excluding hydrogens is 458 g/mol. The SMILES string of the molecule is Cc1c(C(=O)N2CCN(S(=O)(=O)c3ccccc3Br)CC2)[nH]c2c1C(=O)CCC2. The molecule has 0 unspecified atom stereocenters. The minimum Gasteiger partial charge on any atom is -0.354 e. The van der Waals surface area contributed by atoms with Crippen LogP contribution in [-0.4, -0.2) is 60.5 Å². The smallest absolute Gasteiger partial charge is 0.270 e. The Balaban J connectivity index is 1.50. The van der Waals surface area contributed by atoms with Crippen LogP contribution in [0.15, 0.2) is 33.6 Å². The minimum atomic E-state index is -3.63. The summed E-state index contributed by atoms with van der Waals surface area (Å²) in [5, 5.41) is 0. The highest BCUT2D eigenvalue weighted by Crippen LogP contribution is 2.28. The third-order valence-corrected chi connectivity index (χ3v) is 8.54. The number of hydrogen-bond donors (Lipinski definition) is 1. The van der Waals surface area contributed by atoms with Crippen molar-refractivity contribution in [3.63, 3.8) is 0 Å². The number of nitrogens with zero attached hydrogens (tertiary/aromatic N) is 2. The Hall–Kier alpha value is -1.97. The van der Waals surface area contributed by atoms with Gasteiger partial charge in [0.2, 0.25) is 10.0 Å². The summed E-state index contributed by atoms with van der Waals surface area (Å²) in [6.07, 6.45) is 2.09. The van der Waals surface area contributed by atoms with E-state index in [-0.39, 0.29) is 29.7 Å². The van der Waals surface area contributed by atoms with Crippen molar-refractivity contribution in [1.82, 2.24) is 14.2 Å². The van der Waals surface area contributed by atoms with Gasteiger partial charge in [0.1, 0.15) is 5.69 Å². The Bertz CT molecular complexity index is 1090. The second kappa shape index (κ2) is 7.70. The molecule has 1 aliphatic heterocycles. The summed E-state index contributed by atoms with van der Waals surface area (Å²) in [4.78, 5) is 30.3. The zero-order valence-corrected chi connectivity index (χ0v) is 18.5. The molecular formula is C20H22BrN3O4S. The number of carbonyl (C=O) groups is 2. The summed E-state index contributed by atoms with van der Waals surface area (Å²) in [5.74, 6) is -0.0916. The first-order valence-electron chi connectivity index (χ1n) is 9.59. The van der Waals surface area contributed by atoms with Crippen molar-refractivity contribution in [2.24, 2.45) is 0 Å². The third kappa shape index (κ3) is 3.55. The molecule has 7 nitrogen and oxygen atoms in total. The number of hydrogen-bond acceptors (Lipinski definition) is 4. The van der Waals surface area contributed by atoms with Gasteiger partial charge in [-0.15, -0.1) is 0 Å². The number of Topliss-reactive ketones (excluding diaryl/α,β-unsaturated/α-hetero) is 1. The van der Waals surface area contributed by atoms with Crippen LogP contribution in [-0.2, 0) is 16.4 Å². The number of piperazine rings is 1. The molecule has 0 spiro atoms. The largest absolute Gasteiger partial charge is 0.354 e. The fourth-order valence-corrected chi connectivity index (χ4v) is 6.46. The Kier molecular flexibility index (Phi) is 5.39. The van der Waals surface area contributed by atoms with E-state index in [1.54, 1.807) is 36.1 Å². The van der Waals surface area contributed by atoms with Crippen molar-refractivity contribution in [3.05, 3.63) is 51.3 Å². The lowest BCUT2D eigenvalue weighted by Gasteiger charge is -2.34. The number of aromatic nitrogens is 1. The van der Waals surface area contributed by atoms with Gasteiger partial charge in [-0.2, -0.15) is 4.31 Å². The molecule has 9 heteroatoms. The topological polar surface area (TPSA) is 90.6 Å². The zero-order valence-electron chi connectivity index (χ0n) is 16.1. The minimum absolute atomic E-state index is 0.0865. The van der Waals surface area contributed by atoms with Crippen LogP contribution in [0.1, 0.15) is 44.9 Å². The van der Waals surface area contributed by atoms with E-state index in [1.165, 1.54) is 4.31 Å². The average Bonchev–Trinajstić information content (AvgIpc) is 3.05. The van der Waals surface area contributed by atoms with Crippen LogP contribution in [0.4, 0.5) is 0 Å². The number of aromatic amines is 1. The fourth-order valence-electron chi connectivity index (χ4n) is 4.07. The number of benzene rings is 1. The van der Waals surface area contributed by atoms with E-state index in [0.717, 1.165) is 18.5 Å². The van der Waals surface area contributed by atoms with E-state index in [9.17, 15) is 18.0 Å². The van der Waals surface area contributed by atoms with Crippen LogP contribution in [0.3, 0.4) is 0 Å². The maximum atomic E-state index is 13.0. The normalized spacial score (nSPS) is 18.0. The van der Waals surface area contributed by atoms with E-state index in [2.05, 4.69) is 20.9 Å². The molecule has 0 saturated carbocycles. The second-order valence-corrected chi connectivity index (χ2v) is 10.1. The maximum Gasteiger partial charge on any atom is 0.270 e.